The normalized spacial score (nSPS) is 12.7. The molecule has 0 saturated heterocycles. The maximum Gasteiger partial charge on any atom is 0.322 e. The fraction of sp³-hybridized carbons (Fsp3) is 0.417. The summed E-state index contributed by atoms with van der Waals surface area (Å²) in [4.78, 5) is 10.7. The molecule has 1 atom stereocenters. The van der Waals surface area contributed by atoms with Crippen LogP contribution in [-0.4, -0.2) is 28.7 Å². The monoisotopic (exact) mass is 222 g/mol. The molecule has 4 nitrogen and oxygen atoms in total. The van der Waals surface area contributed by atoms with E-state index in [0.717, 1.165) is 12.8 Å². The van der Waals surface area contributed by atoms with Gasteiger partial charge in [-0.15, -0.1) is 0 Å². The lowest BCUT2D eigenvalue weighted by Crippen LogP contribution is -2.44. The molecular formula is C12H18N2O2. The Balaban J connectivity index is 2.28. The van der Waals surface area contributed by atoms with Gasteiger partial charge in [0.25, 0.3) is 0 Å². The molecule has 1 aromatic carbocycles. The van der Waals surface area contributed by atoms with E-state index in [-0.39, 0.29) is 0 Å². The van der Waals surface area contributed by atoms with Crippen molar-refractivity contribution in [1.82, 2.24) is 5.01 Å². The van der Waals surface area contributed by atoms with E-state index in [1.54, 1.807) is 6.92 Å². The highest BCUT2D eigenvalue weighted by atomic mass is 16.4. The molecule has 0 amide bonds. The van der Waals surface area contributed by atoms with Gasteiger partial charge in [0.05, 0.1) is 0 Å². The Labute approximate surface area is 95.6 Å². The Bertz CT molecular complexity index is 327. The number of nitrogens with two attached hydrogens (primary N) is 1. The molecule has 1 unspecified atom stereocenters. The summed E-state index contributed by atoms with van der Waals surface area (Å²) < 4.78 is 0. The van der Waals surface area contributed by atoms with Crippen LogP contribution in [0.5, 0.6) is 0 Å². The molecule has 0 aromatic heterocycles. The molecule has 0 aliphatic rings. The number of aryl methyl sites for hydroxylation is 1. The fourth-order valence-electron chi connectivity index (χ4n) is 1.45. The molecule has 0 aliphatic heterocycles. The highest BCUT2D eigenvalue weighted by Crippen LogP contribution is 2.03. The van der Waals surface area contributed by atoms with E-state index < -0.39 is 12.0 Å². The molecule has 3 N–H and O–H groups in total. The van der Waals surface area contributed by atoms with Crippen LogP contribution in [0.2, 0.25) is 0 Å². The Morgan fingerprint density at radius 2 is 2.06 bits per heavy atom. The van der Waals surface area contributed by atoms with Crippen molar-refractivity contribution in [2.24, 2.45) is 5.84 Å². The highest BCUT2D eigenvalue weighted by Gasteiger charge is 2.16. The van der Waals surface area contributed by atoms with Gasteiger partial charge in [0, 0.05) is 6.54 Å². The molecule has 0 bridgehead atoms. The van der Waals surface area contributed by atoms with Crippen LogP contribution in [0.4, 0.5) is 0 Å². The van der Waals surface area contributed by atoms with Gasteiger partial charge in [0.1, 0.15) is 6.04 Å². The van der Waals surface area contributed by atoms with Gasteiger partial charge in [-0.3, -0.25) is 10.6 Å². The van der Waals surface area contributed by atoms with E-state index in [9.17, 15) is 4.79 Å². The number of hydrazine groups is 1. The van der Waals surface area contributed by atoms with Gasteiger partial charge in [0.2, 0.25) is 0 Å². The predicted octanol–water partition coefficient (Wildman–Crippen LogP) is 1.27. The number of hydrogen-bond acceptors (Lipinski definition) is 3. The SMILES string of the molecule is CC(C(=O)O)N(N)CCCc1ccccc1. The predicted molar refractivity (Wildman–Crippen MR) is 62.8 cm³/mol. The second-order valence-electron chi connectivity index (χ2n) is 3.84. The molecule has 88 valence electrons. The van der Waals surface area contributed by atoms with Crippen LogP contribution in [0.15, 0.2) is 30.3 Å². The van der Waals surface area contributed by atoms with Crippen molar-refractivity contribution in [3.8, 4) is 0 Å². The number of carbonyl (C=O) groups is 1. The van der Waals surface area contributed by atoms with E-state index in [2.05, 4.69) is 12.1 Å². The summed E-state index contributed by atoms with van der Waals surface area (Å²) in [6, 6.07) is 9.45. The lowest BCUT2D eigenvalue weighted by molar-refractivity contribution is -0.142. The maximum atomic E-state index is 10.7. The Hall–Kier alpha value is -1.39. The van der Waals surface area contributed by atoms with Crippen molar-refractivity contribution in [3.63, 3.8) is 0 Å². The van der Waals surface area contributed by atoms with Crippen LogP contribution in [0.25, 0.3) is 0 Å². The van der Waals surface area contributed by atoms with Crippen LogP contribution in [-0.2, 0) is 11.2 Å². The van der Waals surface area contributed by atoms with Crippen LogP contribution >= 0.6 is 0 Å². The summed E-state index contributed by atoms with van der Waals surface area (Å²) in [6.45, 7) is 2.17. The van der Waals surface area contributed by atoms with Crippen molar-refractivity contribution in [2.45, 2.75) is 25.8 Å². The van der Waals surface area contributed by atoms with Crippen molar-refractivity contribution in [3.05, 3.63) is 35.9 Å². The number of rotatable bonds is 6. The molecular weight excluding hydrogens is 204 g/mol. The average Bonchev–Trinajstić information content (AvgIpc) is 2.29. The van der Waals surface area contributed by atoms with E-state index in [0.29, 0.717) is 6.54 Å². The molecule has 16 heavy (non-hydrogen) atoms. The van der Waals surface area contributed by atoms with Crippen LogP contribution in [0, 0.1) is 0 Å². The maximum absolute atomic E-state index is 10.7. The van der Waals surface area contributed by atoms with Gasteiger partial charge in [0.15, 0.2) is 0 Å². The summed E-state index contributed by atoms with van der Waals surface area (Å²) in [5.41, 5.74) is 1.25. The van der Waals surface area contributed by atoms with Crippen molar-refractivity contribution < 1.29 is 9.90 Å². The standard InChI is InChI=1S/C12H18N2O2/c1-10(12(15)16)14(13)9-5-8-11-6-3-2-4-7-11/h2-4,6-7,10H,5,8-9,13H2,1H3,(H,15,16). The highest BCUT2D eigenvalue weighted by molar-refractivity contribution is 5.72. The summed E-state index contributed by atoms with van der Waals surface area (Å²) >= 11 is 0. The van der Waals surface area contributed by atoms with E-state index in [1.807, 2.05) is 18.2 Å². The Morgan fingerprint density at radius 3 is 2.62 bits per heavy atom. The van der Waals surface area contributed by atoms with E-state index in [1.165, 1.54) is 10.6 Å². The number of benzene rings is 1. The molecule has 0 fully saturated rings. The fourth-order valence-corrected chi connectivity index (χ4v) is 1.45. The third-order valence-electron chi connectivity index (χ3n) is 2.58. The minimum Gasteiger partial charge on any atom is -0.480 e. The van der Waals surface area contributed by atoms with Gasteiger partial charge in [-0.05, 0) is 25.3 Å². The molecule has 0 saturated carbocycles. The molecule has 4 heteroatoms. The molecule has 0 aliphatic carbocycles. The molecule has 1 rings (SSSR count). The second-order valence-corrected chi connectivity index (χ2v) is 3.84. The molecule has 1 aromatic rings. The first-order chi connectivity index (χ1) is 7.61. The smallest absolute Gasteiger partial charge is 0.322 e. The van der Waals surface area contributed by atoms with Crippen molar-refractivity contribution >= 4 is 5.97 Å². The summed E-state index contributed by atoms with van der Waals surface area (Å²) in [5, 5.41) is 10.1. The van der Waals surface area contributed by atoms with Crippen LogP contribution in [0.1, 0.15) is 18.9 Å². The van der Waals surface area contributed by atoms with Gasteiger partial charge in [-0.2, -0.15) is 0 Å². The van der Waals surface area contributed by atoms with Gasteiger partial charge in [-0.25, -0.2) is 5.01 Å². The van der Waals surface area contributed by atoms with E-state index >= 15 is 0 Å². The Kier molecular flexibility index (Phi) is 4.95. The molecule has 0 heterocycles. The van der Waals surface area contributed by atoms with Gasteiger partial charge < -0.3 is 5.11 Å². The second kappa shape index (κ2) is 6.25. The van der Waals surface area contributed by atoms with E-state index in [4.69, 9.17) is 10.9 Å². The Morgan fingerprint density at radius 1 is 1.44 bits per heavy atom. The zero-order valence-corrected chi connectivity index (χ0v) is 9.47. The summed E-state index contributed by atoms with van der Waals surface area (Å²) in [5.74, 6) is 4.75. The zero-order valence-electron chi connectivity index (χ0n) is 9.47. The summed E-state index contributed by atoms with van der Waals surface area (Å²) in [7, 11) is 0. The average molecular weight is 222 g/mol. The van der Waals surface area contributed by atoms with Crippen LogP contribution in [0.3, 0.4) is 0 Å². The first kappa shape index (κ1) is 12.7. The minimum absolute atomic E-state index is 0.586. The first-order valence-electron chi connectivity index (χ1n) is 5.39. The van der Waals surface area contributed by atoms with Crippen LogP contribution < -0.4 is 5.84 Å². The van der Waals surface area contributed by atoms with Crippen molar-refractivity contribution in [1.29, 1.82) is 0 Å². The first-order valence-corrected chi connectivity index (χ1v) is 5.39. The molecule has 0 radical (unpaired) electrons. The largest absolute Gasteiger partial charge is 0.480 e. The van der Waals surface area contributed by atoms with Gasteiger partial charge >= 0.3 is 5.97 Å². The molecule has 0 spiro atoms. The van der Waals surface area contributed by atoms with Gasteiger partial charge in [-0.1, -0.05) is 30.3 Å². The number of hydrogen-bond donors (Lipinski definition) is 2. The number of aliphatic carboxylic acids is 1. The topological polar surface area (TPSA) is 66.6 Å². The minimum atomic E-state index is -0.887. The zero-order chi connectivity index (χ0) is 12.0. The lowest BCUT2D eigenvalue weighted by atomic mass is 10.1. The number of carboxylic acid groups (broad SMARTS) is 1. The van der Waals surface area contributed by atoms with Crippen molar-refractivity contribution in [2.75, 3.05) is 6.54 Å². The quantitative estimate of drug-likeness (QED) is 0.562. The number of carboxylic acids is 1. The lowest BCUT2D eigenvalue weighted by Gasteiger charge is -2.20. The third kappa shape index (κ3) is 4.00. The third-order valence-corrected chi connectivity index (χ3v) is 2.58. The number of nitrogens with zero attached hydrogens (tertiary/aromatic N) is 1. The summed E-state index contributed by atoms with van der Waals surface area (Å²) in [6.07, 6.45) is 1.78.